The lowest BCUT2D eigenvalue weighted by molar-refractivity contribution is 0.0787. The number of anilines is 2. The summed E-state index contributed by atoms with van der Waals surface area (Å²) in [5.74, 6) is 0.927. The first kappa shape index (κ1) is 17.4. The van der Waals surface area contributed by atoms with Crippen molar-refractivity contribution in [3.63, 3.8) is 0 Å². The van der Waals surface area contributed by atoms with Gasteiger partial charge in [0.25, 0.3) is 5.91 Å². The molecule has 1 aromatic carbocycles. The molecule has 124 valence electrons. The van der Waals surface area contributed by atoms with E-state index in [0.29, 0.717) is 29.4 Å². The molecule has 1 N–H and O–H groups in total. The number of nitriles is 1. The Hall–Kier alpha value is -2.94. The predicted octanol–water partition coefficient (Wildman–Crippen LogP) is 3.27. The van der Waals surface area contributed by atoms with Crippen molar-refractivity contribution in [1.82, 2.24) is 14.9 Å². The Kier molecular flexibility index (Phi) is 5.85. The first-order valence-electron chi connectivity index (χ1n) is 7.92. The summed E-state index contributed by atoms with van der Waals surface area (Å²) in [6, 6.07) is 10.8. The number of hydrogen-bond donors (Lipinski definition) is 1. The summed E-state index contributed by atoms with van der Waals surface area (Å²) in [4.78, 5) is 22.7. The number of carbonyl (C=O) groups is 1. The summed E-state index contributed by atoms with van der Waals surface area (Å²) >= 11 is 0. The summed E-state index contributed by atoms with van der Waals surface area (Å²) in [6.45, 7) is 4.54. The number of nitrogens with zero attached hydrogens (tertiary/aromatic N) is 4. The number of aryl methyl sites for hydroxylation is 1. The van der Waals surface area contributed by atoms with Crippen LogP contribution in [0.15, 0.2) is 30.3 Å². The Morgan fingerprint density at radius 2 is 2.12 bits per heavy atom. The third-order valence-electron chi connectivity index (χ3n) is 3.51. The number of aromatic nitrogens is 2. The van der Waals surface area contributed by atoms with Crippen molar-refractivity contribution in [2.45, 2.75) is 26.7 Å². The molecule has 1 heterocycles. The molecule has 0 saturated heterocycles. The van der Waals surface area contributed by atoms with Gasteiger partial charge in [0.15, 0.2) is 0 Å². The highest BCUT2D eigenvalue weighted by molar-refractivity contribution is 5.93. The number of rotatable bonds is 6. The number of unbranched alkanes of at least 4 members (excludes halogenated alkanes) is 1. The van der Waals surface area contributed by atoms with Gasteiger partial charge in [-0.25, -0.2) is 9.97 Å². The lowest BCUT2D eigenvalue weighted by Gasteiger charge is -2.17. The quantitative estimate of drug-likeness (QED) is 0.882. The Morgan fingerprint density at radius 1 is 1.33 bits per heavy atom. The van der Waals surface area contributed by atoms with E-state index in [2.05, 4.69) is 28.3 Å². The zero-order valence-corrected chi connectivity index (χ0v) is 14.2. The Morgan fingerprint density at radius 3 is 2.83 bits per heavy atom. The average Bonchev–Trinajstić information content (AvgIpc) is 2.58. The predicted molar refractivity (Wildman–Crippen MR) is 93.1 cm³/mol. The van der Waals surface area contributed by atoms with E-state index in [4.69, 9.17) is 5.26 Å². The van der Waals surface area contributed by atoms with Gasteiger partial charge in [-0.3, -0.25) is 4.79 Å². The monoisotopic (exact) mass is 323 g/mol. The molecule has 24 heavy (non-hydrogen) atoms. The normalized spacial score (nSPS) is 10.1. The van der Waals surface area contributed by atoms with Crippen LogP contribution in [-0.2, 0) is 0 Å². The third kappa shape index (κ3) is 4.53. The topological polar surface area (TPSA) is 81.9 Å². The van der Waals surface area contributed by atoms with Crippen LogP contribution in [0.25, 0.3) is 0 Å². The van der Waals surface area contributed by atoms with E-state index in [0.717, 1.165) is 18.5 Å². The first-order chi connectivity index (χ1) is 11.5. The van der Waals surface area contributed by atoms with Crippen LogP contribution in [0.2, 0.25) is 0 Å². The first-order valence-corrected chi connectivity index (χ1v) is 7.92. The zero-order chi connectivity index (χ0) is 17.5. The molecule has 0 fully saturated rings. The van der Waals surface area contributed by atoms with E-state index in [9.17, 15) is 4.79 Å². The van der Waals surface area contributed by atoms with E-state index >= 15 is 0 Å². The number of benzene rings is 1. The molecular formula is C18H21N5O. The Bertz CT molecular complexity index is 766. The SMILES string of the molecule is CCCCN(C)C(=O)c1cc(Nc2cccc(C#N)c2)nc(C)n1. The Balaban J connectivity index is 2.22. The van der Waals surface area contributed by atoms with Crippen molar-refractivity contribution in [1.29, 1.82) is 5.26 Å². The number of nitrogens with one attached hydrogen (secondary N) is 1. The second-order valence-electron chi connectivity index (χ2n) is 5.58. The molecule has 6 nitrogen and oxygen atoms in total. The summed E-state index contributed by atoms with van der Waals surface area (Å²) in [7, 11) is 1.78. The highest BCUT2D eigenvalue weighted by Gasteiger charge is 2.15. The van der Waals surface area contributed by atoms with Crippen molar-refractivity contribution >= 4 is 17.4 Å². The van der Waals surface area contributed by atoms with Crippen LogP contribution >= 0.6 is 0 Å². The lowest BCUT2D eigenvalue weighted by Crippen LogP contribution is -2.28. The minimum Gasteiger partial charge on any atom is -0.340 e. The highest BCUT2D eigenvalue weighted by atomic mass is 16.2. The van der Waals surface area contributed by atoms with Gasteiger partial charge in [0.1, 0.15) is 17.3 Å². The van der Waals surface area contributed by atoms with Crippen molar-refractivity contribution in [2.75, 3.05) is 18.9 Å². The second kappa shape index (κ2) is 8.06. The summed E-state index contributed by atoms with van der Waals surface area (Å²) in [5, 5.41) is 12.1. The molecule has 2 aromatic rings. The third-order valence-corrected chi connectivity index (χ3v) is 3.51. The molecule has 1 aromatic heterocycles. The van der Waals surface area contributed by atoms with Gasteiger partial charge >= 0.3 is 0 Å². The van der Waals surface area contributed by atoms with Gasteiger partial charge in [0, 0.05) is 25.3 Å². The van der Waals surface area contributed by atoms with Gasteiger partial charge in [-0.1, -0.05) is 19.4 Å². The molecule has 2 rings (SSSR count). The zero-order valence-electron chi connectivity index (χ0n) is 14.2. The lowest BCUT2D eigenvalue weighted by atomic mass is 10.2. The molecule has 0 aliphatic carbocycles. The largest absolute Gasteiger partial charge is 0.340 e. The fourth-order valence-corrected chi connectivity index (χ4v) is 2.25. The minimum atomic E-state index is -0.122. The maximum absolute atomic E-state index is 12.5. The molecule has 0 saturated carbocycles. The van der Waals surface area contributed by atoms with Crippen LogP contribution < -0.4 is 5.32 Å². The standard InChI is InChI=1S/C18H21N5O/c1-4-5-9-23(3)18(24)16-11-17(21-13(2)20-16)22-15-8-6-7-14(10-15)12-19/h6-8,10-11H,4-5,9H2,1-3H3,(H,20,21,22). The van der Waals surface area contributed by atoms with Gasteiger partial charge in [-0.15, -0.1) is 0 Å². The molecule has 0 bridgehead atoms. The van der Waals surface area contributed by atoms with Crippen molar-refractivity contribution in [3.05, 3.63) is 47.4 Å². The van der Waals surface area contributed by atoms with E-state index < -0.39 is 0 Å². The summed E-state index contributed by atoms with van der Waals surface area (Å²) in [6.07, 6.45) is 1.99. The van der Waals surface area contributed by atoms with Crippen molar-refractivity contribution in [2.24, 2.45) is 0 Å². The molecule has 1 amide bonds. The molecule has 0 atom stereocenters. The van der Waals surface area contributed by atoms with Crippen molar-refractivity contribution < 1.29 is 4.79 Å². The second-order valence-corrected chi connectivity index (χ2v) is 5.58. The smallest absolute Gasteiger partial charge is 0.272 e. The van der Waals surface area contributed by atoms with E-state index in [1.165, 1.54) is 0 Å². The van der Waals surface area contributed by atoms with E-state index in [-0.39, 0.29) is 5.91 Å². The minimum absolute atomic E-state index is 0.122. The van der Waals surface area contributed by atoms with Gasteiger partial charge in [0.2, 0.25) is 0 Å². The van der Waals surface area contributed by atoms with Crippen LogP contribution in [0.3, 0.4) is 0 Å². The van der Waals surface area contributed by atoms with Gasteiger partial charge < -0.3 is 10.2 Å². The summed E-state index contributed by atoms with van der Waals surface area (Å²) < 4.78 is 0. The van der Waals surface area contributed by atoms with Crippen LogP contribution in [-0.4, -0.2) is 34.4 Å². The van der Waals surface area contributed by atoms with Crippen LogP contribution in [0.1, 0.15) is 41.6 Å². The number of carbonyl (C=O) groups excluding carboxylic acids is 1. The maximum Gasteiger partial charge on any atom is 0.272 e. The molecule has 0 unspecified atom stereocenters. The number of hydrogen-bond acceptors (Lipinski definition) is 5. The van der Waals surface area contributed by atoms with Gasteiger partial charge in [-0.2, -0.15) is 5.26 Å². The maximum atomic E-state index is 12.5. The Labute approximate surface area is 142 Å². The van der Waals surface area contributed by atoms with E-state index in [1.54, 1.807) is 43.1 Å². The highest BCUT2D eigenvalue weighted by Crippen LogP contribution is 2.17. The molecule has 0 aliphatic rings. The van der Waals surface area contributed by atoms with Crippen LogP contribution in [0, 0.1) is 18.3 Å². The van der Waals surface area contributed by atoms with Crippen LogP contribution in [0.5, 0.6) is 0 Å². The average molecular weight is 323 g/mol. The van der Waals surface area contributed by atoms with Gasteiger partial charge in [-0.05, 0) is 31.5 Å². The van der Waals surface area contributed by atoms with Gasteiger partial charge in [0.05, 0.1) is 11.6 Å². The van der Waals surface area contributed by atoms with E-state index in [1.807, 2.05) is 6.07 Å². The molecular weight excluding hydrogens is 302 g/mol. The fourth-order valence-electron chi connectivity index (χ4n) is 2.25. The fraction of sp³-hybridized carbons (Fsp3) is 0.333. The molecule has 0 spiro atoms. The summed E-state index contributed by atoms with van der Waals surface area (Å²) in [5.41, 5.74) is 1.66. The molecule has 6 heteroatoms. The van der Waals surface area contributed by atoms with Crippen molar-refractivity contribution in [3.8, 4) is 6.07 Å². The number of amides is 1. The van der Waals surface area contributed by atoms with Crippen LogP contribution in [0.4, 0.5) is 11.5 Å². The molecule has 0 aliphatic heterocycles. The molecule has 0 radical (unpaired) electrons.